The summed E-state index contributed by atoms with van der Waals surface area (Å²) in [6.07, 6.45) is 9.07. The van der Waals surface area contributed by atoms with Crippen LogP contribution in [0.3, 0.4) is 0 Å². The third kappa shape index (κ3) is 6.89. The fourth-order valence-corrected chi connectivity index (χ4v) is 3.25. The van der Waals surface area contributed by atoms with Gasteiger partial charge in [-0.15, -0.1) is 0 Å². The van der Waals surface area contributed by atoms with E-state index in [9.17, 15) is 14.7 Å². The number of hydrogen-bond acceptors (Lipinski definition) is 4. The average molecular weight is 346 g/mol. The van der Waals surface area contributed by atoms with Crippen molar-refractivity contribution in [3.63, 3.8) is 0 Å². The second-order valence-electron chi connectivity index (χ2n) is 7.04. The monoisotopic (exact) mass is 346 g/mol. The van der Waals surface area contributed by atoms with E-state index in [2.05, 4.69) is 6.92 Å². The lowest BCUT2D eigenvalue weighted by Gasteiger charge is -2.15. The third-order valence-electron chi connectivity index (χ3n) is 4.77. The molecule has 1 aromatic rings. The maximum Gasteiger partial charge on any atom is 0.161 e. The Morgan fingerprint density at radius 2 is 1.84 bits per heavy atom. The number of carbonyl (C=O) groups excluding carboxylic acids is 2. The first-order chi connectivity index (χ1) is 12.1. The topological polar surface area (TPSA) is 63.6 Å². The lowest BCUT2D eigenvalue weighted by molar-refractivity contribution is -0.127. The smallest absolute Gasteiger partial charge is 0.161 e. The van der Waals surface area contributed by atoms with Crippen molar-refractivity contribution in [3.8, 4) is 11.5 Å². The molecule has 0 radical (unpaired) electrons. The molecule has 0 atom stereocenters. The van der Waals surface area contributed by atoms with Gasteiger partial charge in [0.15, 0.2) is 11.5 Å². The summed E-state index contributed by atoms with van der Waals surface area (Å²) in [5, 5.41) is 9.96. The Labute approximate surface area is 150 Å². The Morgan fingerprint density at radius 3 is 2.56 bits per heavy atom. The first-order valence-electron chi connectivity index (χ1n) is 9.60. The second kappa shape index (κ2) is 10.2. The van der Waals surface area contributed by atoms with E-state index in [0.29, 0.717) is 25.0 Å². The fourth-order valence-electron chi connectivity index (χ4n) is 3.25. The van der Waals surface area contributed by atoms with Crippen molar-refractivity contribution in [2.75, 3.05) is 0 Å². The highest BCUT2D eigenvalue weighted by Crippen LogP contribution is 2.31. The normalized spacial score (nSPS) is 14.6. The van der Waals surface area contributed by atoms with E-state index in [0.717, 1.165) is 37.7 Å². The van der Waals surface area contributed by atoms with E-state index >= 15 is 0 Å². The molecule has 0 spiro atoms. The van der Waals surface area contributed by atoms with Crippen molar-refractivity contribution in [1.82, 2.24) is 0 Å². The molecule has 138 valence electrons. The van der Waals surface area contributed by atoms with Crippen LogP contribution >= 0.6 is 0 Å². The van der Waals surface area contributed by atoms with Crippen molar-refractivity contribution in [3.05, 3.63) is 23.8 Å². The van der Waals surface area contributed by atoms with E-state index in [1.807, 2.05) is 12.1 Å². The van der Waals surface area contributed by atoms with Crippen LogP contribution in [-0.4, -0.2) is 22.8 Å². The number of ketones is 2. The minimum atomic E-state index is -0.00663. The molecule has 0 bridgehead atoms. The maximum atomic E-state index is 12.0. The van der Waals surface area contributed by atoms with Crippen LogP contribution in [0, 0.1) is 0 Å². The van der Waals surface area contributed by atoms with E-state index in [-0.39, 0.29) is 29.8 Å². The van der Waals surface area contributed by atoms with E-state index in [1.54, 1.807) is 6.07 Å². The quantitative estimate of drug-likeness (QED) is 0.464. The van der Waals surface area contributed by atoms with Crippen LogP contribution in [0.1, 0.15) is 76.7 Å². The summed E-state index contributed by atoms with van der Waals surface area (Å²) in [4.78, 5) is 23.7. The van der Waals surface area contributed by atoms with Gasteiger partial charge in [0.2, 0.25) is 0 Å². The number of rotatable bonds is 11. The van der Waals surface area contributed by atoms with E-state index in [1.165, 1.54) is 12.8 Å². The molecule has 0 unspecified atom stereocenters. The van der Waals surface area contributed by atoms with Crippen LogP contribution in [0.25, 0.3) is 0 Å². The van der Waals surface area contributed by atoms with Gasteiger partial charge >= 0.3 is 0 Å². The second-order valence-corrected chi connectivity index (χ2v) is 7.04. The van der Waals surface area contributed by atoms with Gasteiger partial charge in [-0.1, -0.05) is 25.8 Å². The number of phenols is 1. The van der Waals surface area contributed by atoms with Gasteiger partial charge in [-0.05, 0) is 56.2 Å². The highest BCUT2D eigenvalue weighted by atomic mass is 16.5. The number of ether oxygens (including phenoxy) is 1. The summed E-state index contributed by atoms with van der Waals surface area (Å²) in [6.45, 7) is 2.10. The summed E-state index contributed by atoms with van der Waals surface area (Å²) in [5.74, 6) is 0.697. The molecule has 1 N–H and O–H groups in total. The summed E-state index contributed by atoms with van der Waals surface area (Å²) in [5.41, 5.74) is 0.956. The van der Waals surface area contributed by atoms with E-state index < -0.39 is 0 Å². The van der Waals surface area contributed by atoms with Crippen LogP contribution in [0.4, 0.5) is 0 Å². The predicted molar refractivity (Wildman–Crippen MR) is 98.1 cm³/mol. The predicted octanol–water partition coefficient (Wildman–Crippen LogP) is 4.75. The average Bonchev–Trinajstić information content (AvgIpc) is 3.09. The number of hydrogen-bond donors (Lipinski definition) is 1. The van der Waals surface area contributed by atoms with Crippen LogP contribution in [0.5, 0.6) is 11.5 Å². The number of carbonyl (C=O) groups is 2. The minimum Gasteiger partial charge on any atom is -0.504 e. The zero-order valence-corrected chi connectivity index (χ0v) is 15.3. The van der Waals surface area contributed by atoms with Crippen molar-refractivity contribution in [2.24, 2.45) is 0 Å². The van der Waals surface area contributed by atoms with Crippen LogP contribution in [0.2, 0.25) is 0 Å². The number of aryl methyl sites for hydroxylation is 1. The molecule has 25 heavy (non-hydrogen) atoms. The summed E-state index contributed by atoms with van der Waals surface area (Å²) >= 11 is 0. The molecule has 1 fully saturated rings. The lowest BCUT2D eigenvalue weighted by Crippen LogP contribution is -2.11. The summed E-state index contributed by atoms with van der Waals surface area (Å²) in [7, 11) is 0. The number of Topliss-reactive ketones (excluding diaryl/α,β-unsaturated/α-hetero) is 2. The maximum absolute atomic E-state index is 12.0. The third-order valence-corrected chi connectivity index (χ3v) is 4.77. The summed E-state index contributed by atoms with van der Waals surface area (Å²) in [6, 6.07) is 5.26. The Kier molecular flexibility index (Phi) is 7.96. The van der Waals surface area contributed by atoms with Crippen molar-refractivity contribution < 1.29 is 19.4 Å². The molecule has 2 rings (SSSR count). The number of benzene rings is 1. The van der Waals surface area contributed by atoms with E-state index in [4.69, 9.17) is 4.74 Å². The standard InChI is InChI=1S/C21H30O4/c1-2-3-4-7-17(22)15-18(23)12-10-16-11-13-20(24)21(14-16)25-19-8-5-6-9-19/h11,13-14,19,24H,2-10,12,15H2,1H3. The Bertz CT molecular complexity index is 573. The molecule has 1 aliphatic rings. The zero-order chi connectivity index (χ0) is 18.1. The number of phenolic OH excluding ortho intramolecular Hbond substituents is 1. The largest absolute Gasteiger partial charge is 0.504 e. The molecule has 1 saturated carbocycles. The molecule has 1 aromatic carbocycles. The Morgan fingerprint density at radius 1 is 1.12 bits per heavy atom. The van der Waals surface area contributed by atoms with Crippen LogP contribution in [-0.2, 0) is 16.0 Å². The van der Waals surface area contributed by atoms with Gasteiger partial charge < -0.3 is 9.84 Å². The van der Waals surface area contributed by atoms with Gasteiger partial charge in [0, 0.05) is 12.8 Å². The molecule has 1 aliphatic carbocycles. The number of unbranched alkanes of at least 4 members (excludes halogenated alkanes) is 2. The van der Waals surface area contributed by atoms with Crippen LogP contribution in [0.15, 0.2) is 18.2 Å². The van der Waals surface area contributed by atoms with Gasteiger partial charge in [0.1, 0.15) is 11.6 Å². The SMILES string of the molecule is CCCCCC(=O)CC(=O)CCc1ccc(O)c(OC2CCCC2)c1. The van der Waals surface area contributed by atoms with Crippen molar-refractivity contribution >= 4 is 11.6 Å². The first-order valence-corrected chi connectivity index (χ1v) is 9.60. The molecular formula is C21H30O4. The van der Waals surface area contributed by atoms with Gasteiger partial charge in [-0.2, -0.15) is 0 Å². The molecular weight excluding hydrogens is 316 g/mol. The molecule has 4 heteroatoms. The molecule has 0 amide bonds. The molecule has 4 nitrogen and oxygen atoms in total. The number of aromatic hydroxyl groups is 1. The fraction of sp³-hybridized carbons (Fsp3) is 0.619. The van der Waals surface area contributed by atoms with Gasteiger partial charge in [-0.3, -0.25) is 9.59 Å². The molecule has 0 saturated heterocycles. The Balaban J connectivity index is 1.79. The Hall–Kier alpha value is -1.84. The molecule has 0 heterocycles. The summed E-state index contributed by atoms with van der Waals surface area (Å²) < 4.78 is 5.88. The van der Waals surface area contributed by atoms with Crippen LogP contribution < -0.4 is 4.74 Å². The molecule has 0 aliphatic heterocycles. The molecule has 0 aromatic heterocycles. The van der Waals surface area contributed by atoms with Gasteiger partial charge in [0.05, 0.1) is 12.5 Å². The van der Waals surface area contributed by atoms with Crippen molar-refractivity contribution in [1.29, 1.82) is 0 Å². The lowest BCUT2D eigenvalue weighted by atomic mass is 10.0. The zero-order valence-electron chi connectivity index (χ0n) is 15.3. The highest BCUT2D eigenvalue weighted by molar-refractivity contribution is 5.99. The van der Waals surface area contributed by atoms with Crippen molar-refractivity contribution in [2.45, 2.75) is 83.7 Å². The van der Waals surface area contributed by atoms with Gasteiger partial charge in [0.25, 0.3) is 0 Å². The minimum absolute atomic E-state index is 0.00663. The highest BCUT2D eigenvalue weighted by Gasteiger charge is 2.18. The van der Waals surface area contributed by atoms with Gasteiger partial charge in [-0.25, -0.2) is 0 Å². The first kappa shape index (κ1) is 19.5.